The third-order valence-electron chi connectivity index (χ3n) is 4.57. The molecule has 0 aliphatic rings. The molecule has 0 fully saturated rings. The molecule has 0 atom stereocenters. The Hall–Kier alpha value is -3.72. The van der Waals surface area contributed by atoms with Gasteiger partial charge in [0.25, 0.3) is 11.8 Å². The van der Waals surface area contributed by atoms with Crippen molar-refractivity contribution in [2.75, 3.05) is 25.0 Å². The van der Waals surface area contributed by atoms with Crippen molar-refractivity contribution in [1.82, 2.24) is 5.32 Å². The Morgan fingerprint density at radius 3 is 2.22 bits per heavy atom. The number of nitrogens with one attached hydrogen (secondary N) is 2. The molecule has 0 saturated heterocycles. The summed E-state index contributed by atoms with van der Waals surface area (Å²) in [5.41, 5.74) is 6.15. The maximum atomic E-state index is 12.4. The second kappa shape index (κ2) is 16.0. The number of amides is 2. The first kappa shape index (κ1) is 30.3. The highest BCUT2D eigenvalue weighted by molar-refractivity contribution is 7.89. The van der Waals surface area contributed by atoms with Crippen LogP contribution in [0.1, 0.15) is 38.7 Å². The molecule has 2 rings (SSSR count). The van der Waals surface area contributed by atoms with Crippen LogP contribution in [-0.2, 0) is 19.6 Å². The van der Waals surface area contributed by atoms with E-state index in [1.807, 2.05) is 19.9 Å². The third-order valence-corrected chi connectivity index (χ3v) is 5.50. The number of primary sulfonamides is 1. The average Bonchev–Trinajstić information content (AvgIpc) is 2.87. The normalized spacial score (nSPS) is 10.9. The predicted molar refractivity (Wildman–Crippen MR) is 139 cm³/mol. The molecule has 0 bridgehead atoms. The van der Waals surface area contributed by atoms with Gasteiger partial charge in [-0.3, -0.25) is 9.59 Å². The first-order chi connectivity index (χ1) is 17.2. The molecule has 36 heavy (non-hydrogen) atoms. The number of unbranched alkanes of at least 4 members (excludes halogenated alkanes) is 2. The standard InChI is InChI=1S/C23H27N5O5S.C2H6/c24-12-2-1-3-13-27-22(29)16-33-20-8-4-17(5-9-20)14-18(15-25)23(30)28-19-6-10-21(11-7-19)34(26,31)32;1-2/h4-11,14H,1-3,12-13,16,24H2,(H,27,29)(H,28,30)(H2,26,31,32);1-2H3/b18-14+;. The summed E-state index contributed by atoms with van der Waals surface area (Å²) >= 11 is 0. The number of carbonyl (C=O) groups is 2. The average molecular weight is 516 g/mol. The van der Waals surface area contributed by atoms with Crippen LogP contribution in [-0.4, -0.2) is 39.9 Å². The van der Waals surface area contributed by atoms with E-state index in [2.05, 4.69) is 10.6 Å². The van der Waals surface area contributed by atoms with Crippen LogP contribution in [0.4, 0.5) is 5.69 Å². The fourth-order valence-corrected chi connectivity index (χ4v) is 3.29. The summed E-state index contributed by atoms with van der Waals surface area (Å²) in [6.45, 7) is 5.09. The zero-order valence-corrected chi connectivity index (χ0v) is 21.3. The lowest BCUT2D eigenvalue weighted by Gasteiger charge is -2.08. The minimum absolute atomic E-state index is 0.0937. The number of nitrogens with two attached hydrogens (primary N) is 2. The molecule has 0 aromatic heterocycles. The van der Waals surface area contributed by atoms with E-state index in [0.717, 1.165) is 19.3 Å². The number of hydrogen-bond acceptors (Lipinski definition) is 7. The van der Waals surface area contributed by atoms with E-state index < -0.39 is 15.9 Å². The summed E-state index contributed by atoms with van der Waals surface area (Å²) in [6, 6.07) is 13.6. The number of benzene rings is 2. The first-order valence-electron chi connectivity index (χ1n) is 11.5. The van der Waals surface area contributed by atoms with E-state index >= 15 is 0 Å². The highest BCUT2D eigenvalue weighted by atomic mass is 32.2. The largest absolute Gasteiger partial charge is 0.484 e. The Balaban J connectivity index is 0.00000316. The molecule has 0 radical (unpaired) electrons. The summed E-state index contributed by atoms with van der Waals surface area (Å²) in [5.74, 6) is -0.417. The van der Waals surface area contributed by atoms with Gasteiger partial charge in [0.2, 0.25) is 10.0 Å². The van der Waals surface area contributed by atoms with Gasteiger partial charge in [0, 0.05) is 12.2 Å². The van der Waals surface area contributed by atoms with E-state index in [1.165, 1.54) is 30.3 Å². The molecule has 0 unspecified atom stereocenters. The van der Waals surface area contributed by atoms with E-state index in [4.69, 9.17) is 15.6 Å². The fourth-order valence-electron chi connectivity index (χ4n) is 2.78. The number of nitriles is 1. The minimum Gasteiger partial charge on any atom is -0.484 e. The highest BCUT2D eigenvalue weighted by Crippen LogP contribution is 2.17. The number of nitrogens with zero attached hydrogens (tertiary/aromatic N) is 1. The lowest BCUT2D eigenvalue weighted by molar-refractivity contribution is -0.123. The SMILES string of the molecule is CC.N#C/C(=C\c1ccc(OCC(=O)NCCCCCN)cc1)C(=O)Nc1ccc(S(N)(=O)=O)cc1. The van der Waals surface area contributed by atoms with Gasteiger partial charge < -0.3 is 21.1 Å². The number of ether oxygens (including phenoxy) is 1. The van der Waals surface area contributed by atoms with Crippen LogP contribution in [0.3, 0.4) is 0 Å². The van der Waals surface area contributed by atoms with Gasteiger partial charge in [-0.25, -0.2) is 13.6 Å². The zero-order chi connectivity index (χ0) is 27.0. The van der Waals surface area contributed by atoms with Gasteiger partial charge in [-0.15, -0.1) is 0 Å². The van der Waals surface area contributed by atoms with Crippen molar-refractivity contribution >= 4 is 33.6 Å². The van der Waals surface area contributed by atoms with Crippen LogP contribution in [0, 0.1) is 11.3 Å². The number of hydrogen-bond donors (Lipinski definition) is 4. The van der Waals surface area contributed by atoms with Gasteiger partial charge in [-0.2, -0.15) is 5.26 Å². The third kappa shape index (κ3) is 11.1. The van der Waals surface area contributed by atoms with Gasteiger partial charge >= 0.3 is 0 Å². The van der Waals surface area contributed by atoms with Gasteiger partial charge in [0.1, 0.15) is 17.4 Å². The molecule has 2 aromatic carbocycles. The fraction of sp³-hybridized carbons (Fsp3) is 0.320. The first-order valence-corrected chi connectivity index (χ1v) is 13.0. The highest BCUT2D eigenvalue weighted by Gasteiger charge is 2.12. The molecule has 0 saturated carbocycles. The van der Waals surface area contributed by atoms with E-state index in [1.54, 1.807) is 24.3 Å². The van der Waals surface area contributed by atoms with E-state index in [9.17, 15) is 23.3 Å². The number of anilines is 1. The molecule has 194 valence electrons. The van der Waals surface area contributed by atoms with Crippen LogP contribution in [0.2, 0.25) is 0 Å². The Kier molecular flexibility index (Phi) is 13.5. The van der Waals surface area contributed by atoms with Gasteiger partial charge in [0.15, 0.2) is 6.61 Å². The number of carbonyl (C=O) groups excluding carboxylic acids is 2. The van der Waals surface area contributed by atoms with Crippen molar-refractivity contribution in [2.24, 2.45) is 10.9 Å². The smallest absolute Gasteiger partial charge is 0.266 e. The van der Waals surface area contributed by atoms with Crippen LogP contribution >= 0.6 is 0 Å². The molecular weight excluding hydrogens is 482 g/mol. The summed E-state index contributed by atoms with van der Waals surface area (Å²) < 4.78 is 28.0. The topological polar surface area (TPSA) is 177 Å². The van der Waals surface area contributed by atoms with Crippen molar-refractivity contribution in [2.45, 2.75) is 38.0 Å². The molecule has 0 aliphatic carbocycles. The maximum absolute atomic E-state index is 12.4. The summed E-state index contributed by atoms with van der Waals surface area (Å²) in [4.78, 5) is 24.1. The zero-order valence-electron chi connectivity index (χ0n) is 20.5. The molecule has 0 spiro atoms. The quantitative estimate of drug-likeness (QED) is 0.190. The number of sulfonamides is 1. The molecule has 10 nitrogen and oxygen atoms in total. The van der Waals surface area contributed by atoms with Gasteiger partial charge in [0.05, 0.1) is 4.90 Å². The molecular formula is C25H33N5O5S. The predicted octanol–water partition coefficient (Wildman–Crippen LogP) is 2.53. The Labute approximate surface area is 212 Å². The monoisotopic (exact) mass is 515 g/mol. The minimum atomic E-state index is -3.84. The van der Waals surface area contributed by atoms with Gasteiger partial charge in [-0.05, 0) is 67.4 Å². The summed E-state index contributed by atoms with van der Waals surface area (Å²) in [6.07, 6.45) is 4.14. The van der Waals surface area contributed by atoms with Crippen LogP contribution in [0.5, 0.6) is 5.75 Å². The Bertz CT molecular complexity index is 1150. The Morgan fingerprint density at radius 2 is 1.67 bits per heavy atom. The molecule has 0 heterocycles. The van der Waals surface area contributed by atoms with Crippen LogP contribution in [0.15, 0.2) is 59.0 Å². The molecule has 0 aliphatic heterocycles. The lowest BCUT2D eigenvalue weighted by Crippen LogP contribution is -2.29. The van der Waals surface area contributed by atoms with Crippen molar-refractivity contribution in [3.8, 4) is 11.8 Å². The van der Waals surface area contributed by atoms with E-state index in [-0.39, 0.29) is 23.0 Å². The summed E-state index contributed by atoms with van der Waals surface area (Å²) in [7, 11) is -3.84. The van der Waals surface area contributed by atoms with Crippen molar-refractivity contribution < 1.29 is 22.7 Å². The molecule has 2 amide bonds. The molecule has 6 N–H and O–H groups in total. The van der Waals surface area contributed by atoms with Gasteiger partial charge in [-0.1, -0.05) is 32.4 Å². The second-order valence-corrected chi connectivity index (χ2v) is 8.81. The van der Waals surface area contributed by atoms with Crippen LogP contribution < -0.4 is 26.2 Å². The molecule has 2 aromatic rings. The summed E-state index contributed by atoms with van der Waals surface area (Å²) in [5, 5.41) is 19.7. The van der Waals surface area contributed by atoms with E-state index in [0.29, 0.717) is 30.1 Å². The second-order valence-electron chi connectivity index (χ2n) is 7.25. The maximum Gasteiger partial charge on any atom is 0.266 e. The number of rotatable bonds is 12. The van der Waals surface area contributed by atoms with Crippen LogP contribution in [0.25, 0.3) is 6.08 Å². The molecule has 11 heteroatoms. The lowest BCUT2D eigenvalue weighted by atomic mass is 10.1. The van der Waals surface area contributed by atoms with Crippen molar-refractivity contribution in [3.05, 3.63) is 59.7 Å². The van der Waals surface area contributed by atoms with Crippen molar-refractivity contribution in [3.63, 3.8) is 0 Å². The Morgan fingerprint density at radius 1 is 1.03 bits per heavy atom. The van der Waals surface area contributed by atoms with Crippen molar-refractivity contribution in [1.29, 1.82) is 5.26 Å².